The van der Waals surface area contributed by atoms with Crippen molar-refractivity contribution in [2.45, 2.75) is 33.0 Å². The summed E-state index contributed by atoms with van der Waals surface area (Å²) >= 11 is 6.53. The second-order valence-electron chi connectivity index (χ2n) is 5.11. The van der Waals surface area contributed by atoms with Crippen LogP contribution in [0.25, 0.3) is 4.91 Å². The highest BCUT2D eigenvalue weighted by atomic mass is 32.1. The summed E-state index contributed by atoms with van der Waals surface area (Å²) in [4.78, 5) is 3.56. The second-order valence-corrected chi connectivity index (χ2v) is 6.69. The van der Waals surface area contributed by atoms with E-state index in [1.165, 1.54) is 15.3 Å². The fourth-order valence-corrected chi connectivity index (χ4v) is 4.20. The van der Waals surface area contributed by atoms with E-state index in [4.69, 9.17) is 22.1 Å². The molecule has 0 radical (unpaired) electrons. The van der Waals surface area contributed by atoms with Crippen LogP contribution < -0.4 is 0 Å². The fourth-order valence-electron chi connectivity index (χ4n) is 2.64. The van der Waals surface area contributed by atoms with Crippen molar-refractivity contribution in [1.29, 1.82) is 0 Å². The highest BCUT2D eigenvalue weighted by molar-refractivity contribution is 7.91. The number of thiol groups is 1. The van der Waals surface area contributed by atoms with Crippen molar-refractivity contribution in [3.05, 3.63) is 38.6 Å². The van der Waals surface area contributed by atoms with E-state index in [1.54, 1.807) is 11.3 Å². The summed E-state index contributed by atoms with van der Waals surface area (Å²) in [5.74, 6) is -0.701. The second kappa shape index (κ2) is 4.77. The minimum Gasteiger partial charge on any atom is -0.340 e. The molecule has 102 valence electrons. The molecule has 2 nitrogen and oxygen atoms in total. The molecule has 0 bridgehead atoms. The minimum atomic E-state index is -0.701. The summed E-state index contributed by atoms with van der Waals surface area (Å²) in [6.45, 7) is 7.61. The first-order valence-corrected chi connectivity index (χ1v) is 7.85. The van der Waals surface area contributed by atoms with Crippen molar-refractivity contribution in [3.8, 4) is 0 Å². The number of hydrogen-bond acceptors (Lipinski definition) is 4. The van der Waals surface area contributed by atoms with E-state index in [2.05, 4.69) is 32.9 Å². The van der Waals surface area contributed by atoms with Gasteiger partial charge in [0.25, 0.3) is 0 Å². The summed E-state index contributed by atoms with van der Waals surface area (Å²) < 4.78 is 12.0. The van der Waals surface area contributed by atoms with Crippen molar-refractivity contribution in [3.63, 3.8) is 0 Å². The Balaban J connectivity index is 2.20. The van der Waals surface area contributed by atoms with E-state index in [1.807, 2.05) is 0 Å². The van der Waals surface area contributed by atoms with Crippen LogP contribution in [0.1, 0.15) is 36.1 Å². The Bertz CT molecular complexity index is 571. The predicted octanol–water partition coefficient (Wildman–Crippen LogP) is 4.13. The molecule has 1 fully saturated rings. The van der Waals surface area contributed by atoms with Crippen molar-refractivity contribution >= 4 is 28.9 Å². The first-order chi connectivity index (χ1) is 9.08. The molecule has 1 spiro atoms. The largest absolute Gasteiger partial charge is 0.340 e. The maximum Gasteiger partial charge on any atom is 0.225 e. The number of rotatable bonds is 2. The quantitative estimate of drug-likeness (QED) is 0.827. The van der Waals surface area contributed by atoms with Gasteiger partial charge < -0.3 is 9.47 Å². The molecule has 0 saturated carbocycles. The van der Waals surface area contributed by atoms with Gasteiger partial charge in [-0.2, -0.15) is 0 Å². The molecule has 1 aromatic heterocycles. The summed E-state index contributed by atoms with van der Waals surface area (Å²) in [6, 6.07) is 2.22. The predicted molar refractivity (Wildman–Crippen MR) is 82.6 cm³/mol. The maximum atomic E-state index is 6.00. The molecule has 0 N–H and O–H groups in total. The number of thiophene rings is 1. The van der Waals surface area contributed by atoms with Crippen LogP contribution in [0.3, 0.4) is 0 Å². The molecule has 3 rings (SSSR count). The zero-order chi connectivity index (χ0) is 13.6. The SMILES string of the molecule is CCc1cc2c(s1)C(S)=C(C=C(C)C)C21OCCO1. The van der Waals surface area contributed by atoms with E-state index in [0.717, 1.165) is 22.5 Å². The number of ether oxygens (including phenoxy) is 2. The molecule has 2 aliphatic rings. The topological polar surface area (TPSA) is 18.5 Å². The third-order valence-corrected chi connectivity index (χ3v) is 5.35. The van der Waals surface area contributed by atoms with Gasteiger partial charge >= 0.3 is 0 Å². The first kappa shape index (κ1) is 13.4. The molecule has 19 heavy (non-hydrogen) atoms. The zero-order valence-corrected chi connectivity index (χ0v) is 13.2. The normalized spacial score (nSPS) is 20.2. The molecule has 0 aromatic carbocycles. The summed E-state index contributed by atoms with van der Waals surface area (Å²) in [5.41, 5.74) is 3.42. The Morgan fingerprint density at radius 1 is 1.42 bits per heavy atom. The summed E-state index contributed by atoms with van der Waals surface area (Å²) in [5, 5.41) is 0. The molecule has 4 heteroatoms. The minimum absolute atomic E-state index is 0.637. The van der Waals surface area contributed by atoms with Gasteiger partial charge in [0.2, 0.25) is 5.79 Å². The van der Waals surface area contributed by atoms with Gasteiger partial charge in [0, 0.05) is 20.9 Å². The van der Waals surface area contributed by atoms with Gasteiger partial charge in [0.05, 0.1) is 18.1 Å². The van der Waals surface area contributed by atoms with Crippen molar-refractivity contribution in [2.24, 2.45) is 0 Å². The van der Waals surface area contributed by atoms with Gasteiger partial charge in [-0.25, -0.2) is 0 Å². The monoisotopic (exact) mass is 294 g/mol. The molecule has 0 atom stereocenters. The van der Waals surface area contributed by atoms with Crippen LogP contribution in [-0.2, 0) is 21.7 Å². The maximum absolute atomic E-state index is 6.00. The van der Waals surface area contributed by atoms with Crippen molar-refractivity contribution in [1.82, 2.24) is 0 Å². The summed E-state index contributed by atoms with van der Waals surface area (Å²) in [6.07, 6.45) is 3.17. The van der Waals surface area contributed by atoms with E-state index in [9.17, 15) is 0 Å². The molecule has 0 amide bonds. The molecule has 1 aromatic rings. The van der Waals surface area contributed by atoms with Gasteiger partial charge in [0.15, 0.2) is 0 Å². The third kappa shape index (κ3) is 1.93. The average Bonchev–Trinajstić information content (AvgIpc) is 3.04. The Morgan fingerprint density at radius 3 is 2.68 bits per heavy atom. The molecule has 1 aliphatic heterocycles. The highest BCUT2D eigenvalue weighted by Crippen LogP contribution is 2.54. The number of hydrogen-bond donors (Lipinski definition) is 1. The Kier molecular flexibility index (Phi) is 3.38. The smallest absolute Gasteiger partial charge is 0.225 e. The lowest BCUT2D eigenvalue weighted by atomic mass is 10.0. The summed E-state index contributed by atoms with van der Waals surface area (Å²) in [7, 11) is 0. The third-order valence-electron chi connectivity index (χ3n) is 3.44. The van der Waals surface area contributed by atoms with Gasteiger partial charge in [-0.1, -0.05) is 18.6 Å². The van der Waals surface area contributed by atoms with E-state index < -0.39 is 5.79 Å². The number of allylic oxidation sites excluding steroid dienone is 1. The van der Waals surface area contributed by atoms with E-state index in [-0.39, 0.29) is 0 Å². The van der Waals surface area contributed by atoms with Crippen LogP contribution in [0.2, 0.25) is 0 Å². The lowest BCUT2D eigenvalue weighted by Gasteiger charge is -2.25. The highest BCUT2D eigenvalue weighted by Gasteiger charge is 2.49. The van der Waals surface area contributed by atoms with Crippen LogP contribution in [0.5, 0.6) is 0 Å². The van der Waals surface area contributed by atoms with Gasteiger partial charge in [-0.05, 0) is 26.3 Å². The van der Waals surface area contributed by atoms with Gasteiger partial charge in [-0.15, -0.1) is 24.0 Å². The average molecular weight is 294 g/mol. The molecular weight excluding hydrogens is 276 g/mol. The lowest BCUT2D eigenvalue weighted by Crippen LogP contribution is -2.26. The number of fused-ring (bicyclic) bond motifs is 2. The molecule has 0 unspecified atom stereocenters. The van der Waals surface area contributed by atoms with Crippen LogP contribution in [0, 0.1) is 0 Å². The van der Waals surface area contributed by atoms with E-state index >= 15 is 0 Å². The van der Waals surface area contributed by atoms with Gasteiger partial charge in [-0.3, -0.25) is 0 Å². The van der Waals surface area contributed by atoms with Crippen LogP contribution in [0.4, 0.5) is 0 Å². The van der Waals surface area contributed by atoms with Crippen LogP contribution in [0.15, 0.2) is 23.3 Å². The molecular formula is C15H18O2S2. The van der Waals surface area contributed by atoms with E-state index in [0.29, 0.717) is 13.2 Å². The van der Waals surface area contributed by atoms with Crippen molar-refractivity contribution < 1.29 is 9.47 Å². The lowest BCUT2D eigenvalue weighted by molar-refractivity contribution is -0.127. The molecule has 1 saturated heterocycles. The number of aryl methyl sites for hydroxylation is 1. The van der Waals surface area contributed by atoms with Gasteiger partial charge in [0.1, 0.15) is 0 Å². The molecule has 2 heterocycles. The fraction of sp³-hybridized carbons (Fsp3) is 0.467. The Morgan fingerprint density at radius 2 is 2.11 bits per heavy atom. The zero-order valence-electron chi connectivity index (χ0n) is 11.4. The van der Waals surface area contributed by atoms with Crippen LogP contribution >= 0.6 is 24.0 Å². The Hall–Kier alpha value is -0.550. The first-order valence-electron chi connectivity index (χ1n) is 6.58. The van der Waals surface area contributed by atoms with Crippen LogP contribution in [-0.4, -0.2) is 13.2 Å². The molecule has 1 aliphatic carbocycles. The Labute approximate surface area is 123 Å². The standard InChI is InChI=1S/C15H18O2S2/c1-4-10-8-12-14(19-10)13(18)11(7-9(2)3)15(12)16-5-6-17-15/h7-8,18H,4-6H2,1-3H3. The van der Waals surface area contributed by atoms with Crippen molar-refractivity contribution in [2.75, 3.05) is 13.2 Å².